The lowest BCUT2D eigenvalue weighted by atomic mass is 9.77. The molecule has 0 saturated heterocycles. The van der Waals surface area contributed by atoms with Crippen LogP contribution in [0.5, 0.6) is 11.5 Å². The molecule has 162 valence electrons. The minimum atomic E-state index is -1.13. The topological polar surface area (TPSA) is 47.6 Å². The number of esters is 1. The summed E-state index contributed by atoms with van der Waals surface area (Å²) in [7, 11) is 0. The van der Waals surface area contributed by atoms with Crippen molar-refractivity contribution in [2.24, 2.45) is 0 Å². The van der Waals surface area contributed by atoms with Crippen molar-refractivity contribution in [3.05, 3.63) is 118 Å². The molecule has 0 fully saturated rings. The van der Waals surface area contributed by atoms with E-state index in [1.54, 1.807) is 24.3 Å². The number of ether oxygens (including phenoxy) is 2. The summed E-state index contributed by atoms with van der Waals surface area (Å²) in [4.78, 5) is 12.9. The predicted molar refractivity (Wildman–Crippen MR) is 124 cm³/mol. The zero-order chi connectivity index (χ0) is 22.7. The van der Waals surface area contributed by atoms with Crippen molar-refractivity contribution in [3.63, 3.8) is 0 Å². The van der Waals surface area contributed by atoms with Gasteiger partial charge in [0.2, 0.25) is 0 Å². The van der Waals surface area contributed by atoms with Crippen LogP contribution in [0, 0.1) is 12.7 Å². The van der Waals surface area contributed by atoms with Crippen LogP contribution in [0.15, 0.2) is 78.9 Å². The van der Waals surface area contributed by atoms with Gasteiger partial charge in [0.15, 0.2) is 5.60 Å². The molecule has 2 heterocycles. The Morgan fingerprint density at radius 1 is 0.879 bits per heavy atom. The Hall–Kier alpha value is -3.83. The maximum absolute atomic E-state index is 13.5. The molecule has 4 aromatic carbocycles. The van der Waals surface area contributed by atoms with E-state index in [1.807, 2.05) is 49.4 Å². The average Bonchev–Trinajstić information content (AvgIpc) is 3.09. The first-order valence-corrected chi connectivity index (χ1v) is 10.8. The summed E-state index contributed by atoms with van der Waals surface area (Å²) in [6.07, 6.45) is 0. The SMILES string of the molecule is Cc1cc(F)ccc1Nc1ccc2c(c1)Oc1cc(Cl)ccc1C21OC(=O)c2ccccc21. The number of nitrogens with one attached hydrogen (secondary N) is 1. The second-order valence-corrected chi connectivity index (χ2v) is 8.59. The van der Waals surface area contributed by atoms with E-state index in [2.05, 4.69) is 5.32 Å². The lowest BCUT2D eigenvalue weighted by Crippen LogP contribution is -2.33. The van der Waals surface area contributed by atoms with E-state index in [0.29, 0.717) is 27.6 Å². The molecule has 1 spiro atoms. The van der Waals surface area contributed by atoms with Crippen LogP contribution in [-0.2, 0) is 10.3 Å². The second kappa shape index (κ2) is 7.09. The Morgan fingerprint density at radius 3 is 2.45 bits per heavy atom. The van der Waals surface area contributed by atoms with Gasteiger partial charge in [-0.1, -0.05) is 29.8 Å². The number of anilines is 2. The summed E-state index contributed by atoms with van der Waals surface area (Å²) in [5.74, 6) is 0.390. The summed E-state index contributed by atoms with van der Waals surface area (Å²) < 4.78 is 25.9. The molecule has 2 aliphatic heterocycles. The van der Waals surface area contributed by atoms with Crippen LogP contribution < -0.4 is 10.1 Å². The van der Waals surface area contributed by atoms with Crippen molar-refractivity contribution in [2.45, 2.75) is 12.5 Å². The fraction of sp³-hybridized carbons (Fsp3) is 0.0741. The van der Waals surface area contributed by atoms with E-state index in [0.717, 1.165) is 28.1 Å². The third-order valence-corrected chi connectivity index (χ3v) is 6.38. The molecule has 0 bridgehead atoms. The van der Waals surface area contributed by atoms with E-state index < -0.39 is 5.60 Å². The molecule has 0 radical (unpaired) electrons. The molecule has 0 aromatic heterocycles. The van der Waals surface area contributed by atoms with Crippen LogP contribution in [0.25, 0.3) is 0 Å². The van der Waals surface area contributed by atoms with Gasteiger partial charge < -0.3 is 14.8 Å². The van der Waals surface area contributed by atoms with Gasteiger partial charge in [0, 0.05) is 39.2 Å². The summed E-state index contributed by atoms with van der Waals surface area (Å²) in [6.45, 7) is 1.84. The first kappa shape index (κ1) is 19.8. The van der Waals surface area contributed by atoms with E-state index in [4.69, 9.17) is 21.1 Å². The summed E-state index contributed by atoms with van der Waals surface area (Å²) in [6, 6.07) is 22.9. The van der Waals surface area contributed by atoms with Gasteiger partial charge in [0.1, 0.15) is 17.3 Å². The number of aryl methyl sites for hydroxylation is 1. The predicted octanol–water partition coefficient (Wildman–Crippen LogP) is 7.10. The smallest absolute Gasteiger partial charge is 0.340 e. The van der Waals surface area contributed by atoms with Crippen molar-refractivity contribution in [3.8, 4) is 11.5 Å². The van der Waals surface area contributed by atoms with Gasteiger partial charge in [-0.15, -0.1) is 0 Å². The molecule has 1 N–H and O–H groups in total. The van der Waals surface area contributed by atoms with Crippen LogP contribution in [-0.4, -0.2) is 5.97 Å². The molecular formula is C27H17ClFNO3. The Morgan fingerprint density at radius 2 is 1.64 bits per heavy atom. The molecule has 4 aromatic rings. The number of halogens is 2. The highest BCUT2D eigenvalue weighted by Crippen LogP contribution is 2.56. The van der Waals surface area contributed by atoms with Crippen LogP contribution in [0.4, 0.5) is 15.8 Å². The molecule has 33 heavy (non-hydrogen) atoms. The van der Waals surface area contributed by atoms with Gasteiger partial charge in [-0.05, 0) is 67.1 Å². The molecule has 1 unspecified atom stereocenters. The van der Waals surface area contributed by atoms with Crippen molar-refractivity contribution in [2.75, 3.05) is 5.32 Å². The molecule has 0 amide bonds. The molecule has 0 saturated carbocycles. The number of carbonyl (C=O) groups is 1. The number of rotatable bonds is 2. The maximum Gasteiger partial charge on any atom is 0.340 e. The molecule has 6 rings (SSSR count). The van der Waals surface area contributed by atoms with E-state index >= 15 is 0 Å². The van der Waals surface area contributed by atoms with E-state index in [-0.39, 0.29) is 11.8 Å². The van der Waals surface area contributed by atoms with Gasteiger partial charge in [-0.25, -0.2) is 9.18 Å². The molecule has 2 aliphatic rings. The van der Waals surface area contributed by atoms with Gasteiger partial charge in [0.05, 0.1) is 5.56 Å². The number of hydrogen-bond donors (Lipinski definition) is 1. The Labute approximate surface area is 194 Å². The average molecular weight is 458 g/mol. The van der Waals surface area contributed by atoms with Crippen molar-refractivity contribution in [1.29, 1.82) is 0 Å². The number of hydrogen-bond acceptors (Lipinski definition) is 4. The van der Waals surface area contributed by atoms with Crippen LogP contribution >= 0.6 is 11.6 Å². The number of benzene rings is 4. The fourth-order valence-electron chi connectivity index (χ4n) is 4.65. The molecular weight excluding hydrogens is 441 g/mol. The first-order valence-electron chi connectivity index (χ1n) is 10.4. The monoisotopic (exact) mass is 457 g/mol. The second-order valence-electron chi connectivity index (χ2n) is 8.15. The van der Waals surface area contributed by atoms with E-state index in [9.17, 15) is 9.18 Å². The first-order chi connectivity index (χ1) is 16.0. The van der Waals surface area contributed by atoms with Crippen molar-refractivity contribution >= 4 is 28.9 Å². The lowest BCUT2D eigenvalue weighted by molar-refractivity contribution is 0.0224. The third-order valence-electron chi connectivity index (χ3n) is 6.14. The van der Waals surface area contributed by atoms with Crippen LogP contribution in [0.1, 0.15) is 32.6 Å². The summed E-state index contributed by atoms with van der Waals surface area (Å²) in [5.41, 5.74) is 3.90. The molecule has 0 aliphatic carbocycles. The van der Waals surface area contributed by atoms with Gasteiger partial charge >= 0.3 is 5.97 Å². The summed E-state index contributed by atoms with van der Waals surface area (Å²) >= 11 is 6.27. The third kappa shape index (κ3) is 2.93. The van der Waals surface area contributed by atoms with Gasteiger partial charge in [0.25, 0.3) is 0 Å². The largest absolute Gasteiger partial charge is 0.456 e. The Balaban J connectivity index is 1.53. The minimum Gasteiger partial charge on any atom is -0.456 e. The molecule has 6 heteroatoms. The van der Waals surface area contributed by atoms with Crippen LogP contribution in [0.3, 0.4) is 0 Å². The normalized spacial score (nSPS) is 17.6. The Kier molecular flexibility index (Phi) is 4.26. The summed E-state index contributed by atoms with van der Waals surface area (Å²) in [5, 5.41) is 3.83. The molecule has 1 atom stereocenters. The van der Waals surface area contributed by atoms with Gasteiger partial charge in [-0.2, -0.15) is 0 Å². The highest BCUT2D eigenvalue weighted by molar-refractivity contribution is 6.30. The lowest BCUT2D eigenvalue weighted by Gasteiger charge is -2.36. The fourth-order valence-corrected chi connectivity index (χ4v) is 4.81. The zero-order valence-electron chi connectivity index (χ0n) is 17.5. The zero-order valence-corrected chi connectivity index (χ0v) is 18.2. The number of fused-ring (bicyclic) bond motifs is 6. The maximum atomic E-state index is 13.5. The van der Waals surface area contributed by atoms with Crippen molar-refractivity contribution < 1.29 is 18.7 Å². The highest BCUT2D eigenvalue weighted by atomic mass is 35.5. The van der Waals surface area contributed by atoms with E-state index in [1.165, 1.54) is 12.1 Å². The van der Waals surface area contributed by atoms with Crippen LogP contribution in [0.2, 0.25) is 5.02 Å². The number of carbonyl (C=O) groups excluding carboxylic acids is 1. The molecule has 4 nitrogen and oxygen atoms in total. The van der Waals surface area contributed by atoms with Crippen molar-refractivity contribution in [1.82, 2.24) is 0 Å². The minimum absolute atomic E-state index is 0.288. The highest BCUT2D eigenvalue weighted by Gasteiger charge is 2.53. The standard InChI is InChI=1S/C27H17ClFNO3/c1-15-12-17(29)7-11-23(15)30-18-8-10-22-25(14-18)32-24-13-16(28)6-9-21(24)27(22)20-5-3-2-4-19(20)26(31)33-27/h2-14,30H,1H3. The quantitative estimate of drug-likeness (QED) is 0.326. The Bertz CT molecular complexity index is 1470. The van der Waals surface area contributed by atoms with Gasteiger partial charge in [-0.3, -0.25) is 0 Å².